The minimum Gasteiger partial charge on any atom is -0.490 e. The zero-order valence-corrected chi connectivity index (χ0v) is 15.7. The van der Waals surface area contributed by atoms with Gasteiger partial charge in [-0.1, -0.05) is 6.07 Å². The Hall–Kier alpha value is -2.29. The number of ether oxygens (including phenoxy) is 2. The Morgan fingerprint density at radius 2 is 2.14 bits per heavy atom. The quantitative estimate of drug-likeness (QED) is 0.737. The van der Waals surface area contributed by atoms with Crippen molar-refractivity contribution in [3.8, 4) is 5.75 Å². The van der Waals surface area contributed by atoms with E-state index in [0.717, 1.165) is 25.0 Å². The van der Waals surface area contributed by atoms with E-state index in [0.29, 0.717) is 18.8 Å². The number of hydrogen-bond acceptors (Lipinski definition) is 5. The summed E-state index contributed by atoms with van der Waals surface area (Å²) in [6.07, 6.45) is -3.34. The molecule has 4 rings (SSSR count). The van der Waals surface area contributed by atoms with Crippen molar-refractivity contribution in [1.82, 2.24) is 9.88 Å². The van der Waals surface area contributed by atoms with Crippen LogP contribution in [0.5, 0.6) is 5.75 Å². The van der Waals surface area contributed by atoms with Crippen molar-refractivity contribution in [2.24, 2.45) is 11.8 Å². The van der Waals surface area contributed by atoms with E-state index >= 15 is 0 Å². The van der Waals surface area contributed by atoms with E-state index in [-0.39, 0.29) is 36.4 Å². The van der Waals surface area contributed by atoms with Crippen molar-refractivity contribution < 1.29 is 27.4 Å². The van der Waals surface area contributed by atoms with Crippen LogP contribution in [-0.2, 0) is 17.5 Å². The number of halogens is 3. The van der Waals surface area contributed by atoms with Crippen LogP contribution in [0.2, 0.25) is 0 Å². The number of carbonyl (C=O) groups is 1. The average molecular weight is 412 g/mol. The highest BCUT2D eigenvalue weighted by atomic mass is 32.1. The molecule has 1 aromatic heterocycles. The van der Waals surface area contributed by atoms with Crippen molar-refractivity contribution in [2.75, 3.05) is 13.1 Å². The second-order valence-corrected chi connectivity index (χ2v) is 7.84. The van der Waals surface area contributed by atoms with Crippen molar-refractivity contribution >= 4 is 17.4 Å². The van der Waals surface area contributed by atoms with Crippen molar-refractivity contribution in [1.29, 1.82) is 0 Å². The molecule has 28 heavy (non-hydrogen) atoms. The third-order valence-corrected chi connectivity index (χ3v) is 5.96. The van der Waals surface area contributed by atoms with Gasteiger partial charge in [0.25, 0.3) is 0 Å². The summed E-state index contributed by atoms with van der Waals surface area (Å²) in [4.78, 5) is 18.0. The first kappa shape index (κ1) is 19.0. The van der Waals surface area contributed by atoms with E-state index in [1.165, 1.54) is 23.5 Å². The number of alkyl halides is 3. The minimum atomic E-state index is -4.40. The molecule has 1 aliphatic heterocycles. The predicted octanol–water partition coefficient (Wildman–Crippen LogP) is 4.59. The lowest BCUT2D eigenvalue weighted by Crippen LogP contribution is -2.32. The first-order valence-electron chi connectivity index (χ1n) is 9.03. The molecule has 2 heterocycles. The van der Waals surface area contributed by atoms with Crippen LogP contribution < -0.4 is 4.74 Å². The van der Waals surface area contributed by atoms with Crippen LogP contribution in [0.25, 0.3) is 0 Å². The number of rotatable bonds is 4. The van der Waals surface area contributed by atoms with E-state index in [1.807, 2.05) is 5.38 Å². The second-order valence-electron chi connectivity index (χ2n) is 7.12. The molecular weight excluding hydrogens is 393 g/mol. The van der Waals surface area contributed by atoms with Gasteiger partial charge in [-0.3, -0.25) is 0 Å². The lowest BCUT2D eigenvalue weighted by atomic mass is 9.99. The van der Waals surface area contributed by atoms with Gasteiger partial charge in [-0.15, -0.1) is 11.3 Å². The second kappa shape index (κ2) is 7.62. The number of carbonyl (C=O) groups excluding carboxylic acids is 1. The maximum absolute atomic E-state index is 12.9. The van der Waals surface area contributed by atoms with Crippen LogP contribution in [-0.4, -0.2) is 35.2 Å². The Morgan fingerprint density at radius 1 is 1.29 bits per heavy atom. The zero-order valence-electron chi connectivity index (χ0n) is 14.9. The molecule has 9 heteroatoms. The Balaban J connectivity index is 1.35. The molecular formula is C19H19F3N2O3S. The van der Waals surface area contributed by atoms with Gasteiger partial charge in [0.1, 0.15) is 18.5 Å². The largest absolute Gasteiger partial charge is 0.490 e. The molecule has 3 atom stereocenters. The van der Waals surface area contributed by atoms with Gasteiger partial charge >= 0.3 is 12.3 Å². The molecule has 0 bridgehead atoms. The maximum atomic E-state index is 12.9. The summed E-state index contributed by atoms with van der Waals surface area (Å²) >= 11 is 1.44. The highest BCUT2D eigenvalue weighted by Gasteiger charge is 2.45. The van der Waals surface area contributed by atoms with Crippen LogP contribution in [0.4, 0.5) is 18.0 Å². The van der Waals surface area contributed by atoms with Gasteiger partial charge in [0.2, 0.25) is 0 Å². The minimum absolute atomic E-state index is 0.0985. The Kier molecular flexibility index (Phi) is 5.18. The molecule has 1 amide bonds. The van der Waals surface area contributed by atoms with Crippen LogP contribution in [0.15, 0.2) is 35.2 Å². The lowest BCUT2D eigenvalue weighted by Gasteiger charge is -2.22. The van der Waals surface area contributed by atoms with Crippen LogP contribution in [0, 0.1) is 11.8 Å². The SMILES string of the molecule is O=C(OCc1cscn1)N1C[C@H]2CC[C@@H](Oc3cccc(C(F)(F)F)c3)[C@@H]2C1. The molecule has 0 spiro atoms. The Bertz CT molecular complexity index is 828. The number of hydrogen-bond donors (Lipinski definition) is 0. The first-order valence-corrected chi connectivity index (χ1v) is 9.97. The zero-order chi connectivity index (χ0) is 19.7. The van der Waals surface area contributed by atoms with Crippen molar-refractivity contribution in [2.45, 2.75) is 31.7 Å². The summed E-state index contributed by atoms with van der Waals surface area (Å²) in [6, 6.07) is 4.95. The molecule has 0 radical (unpaired) electrons. The monoisotopic (exact) mass is 412 g/mol. The lowest BCUT2D eigenvalue weighted by molar-refractivity contribution is -0.137. The summed E-state index contributed by atoms with van der Waals surface area (Å²) in [5, 5.41) is 1.82. The average Bonchev–Trinajstić information content (AvgIpc) is 3.38. The van der Waals surface area contributed by atoms with Gasteiger partial charge in [-0.25, -0.2) is 9.78 Å². The number of likely N-dealkylation sites (tertiary alicyclic amines) is 1. The molecule has 0 unspecified atom stereocenters. The molecule has 5 nitrogen and oxygen atoms in total. The highest BCUT2D eigenvalue weighted by molar-refractivity contribution is 7.07. The van der Waals surface area contributed by atoms with Crippen molar-refractivity contribution in [3.63, 3.8) is 0 Å². The highest BCUT2D eigenvalue weighted by Crippen LogP contribution is 2.41. The van der Waals surface area contributed by atoms with Crippen LogP contribution in [0.3, 0.4) is 0 Å². The van der Waals surface area contributed by atoms with Gasteiger partial charge in [0.15, 0.2) is 0 Å². The standard InChI is InChI=1S/C19H19F3N2O3S/c20-19(21,22)13-2-1-3-15(6-13)27-17-5-4-12-7-24(8-16(12)17)18(25)26-9-14-10-28-11-23-14/h1-3,6,10-12,16-17H,4-5,7-9H2/t12-,16-,17-/m1/s1. The number of benzene rings is 1. The molecule has 1 aliphatic carbocycles. The molecule has 2 fully saturated rings. The molecule has 1 saturated carbocycles. The fraction of sp³-hybridized carbons (Fsp3) is 0.474. The number of nitrogens with zero attached hydrogens (tertiary/aromatic N) is 2. The molecule has 0 N–H and O–H groups in total. The van der Waals surface area contributed by atoms with Gasteiger partial charge in [0.05, 0.1) is 16.8 Å². The summed E-state index contributed by atoms with van der Waals surface area (Å²) in [6.45, 7) is 1.21. The predicted molar refractivity (Wildman–Crippen MR) is 95.9 cm³/mol. The van der Waals surface area contributed by atoms with Crippen molar-refractivity contribution in [3.05, 3.63) is 46.4 Å². The molecule has 1 saturated heterocycles. The van der Waals surface area contributed by atoms with Gasteiger partial charge in [0, 0.05) is 24.4 Å². The number of thiazole rings is 1. The van der Waals surface area contributed by atoms with Crippen LogP contribution >= 0.6 is 11.3 Å². The molecule has 1 aromatic carbocycles. The molecule has 2 aliphatic rings. The van der Waals surface area contributed by atoms with E-state index in [1.54, 1.807) is 10.4 Å². The van der Waals surface area contributed by atoms with E-state index in [2.05, 4.69) is 4.98 Å². The number of amides is 1. The van der Waals surface area contributed by atoms with Gasteiger partial charge in [-0.2, -0.15) is 13.2 Å². The Morgan fingerprint density at radius 3 is 2.89 bits per heavy atom. The fourth-order valence-electron chi connectivity index (χ4n) is 3.97. The maximum Gasteiger partial charge on any atom is 0.416 e. The van der Waals surface area contributed by atoms with Crippen LogP contribution in [0.1, 0.15) is 24.1 Å². The summed E-state index contributed by atoms with van der Waals surface area (Å²) in [5.74, 6) is 0.592. The topological polar surface area (TPSA) is 51.7 Å². The normalized spacial score (nSPS) is 24.2. The first-order chi connectivity index (χ1) is 13.4. The molecule has 2 aromatic rings. The smallest absolute Gasteiger partial charge is 0.416 e. The summed E-state index contributed by atoms with van der Waals surface area (Å²) in [5.41, 5.74) is 1.67. The van der Waals surface area contributed by atoms with E-state index < -0.39 is 11.7 Å². The summed E-state index contributed by atoms with van der Waals surface area (Å²) in [7, 11) is 0. The summed E-state index contributed by atoms with van der Waals surface area (Å²) < 4.78 is 49.9. The fourth-order valence-corrected chi connectivity index (χ4v) is 4.51. The van der Waals surface area contributed by atoms with E-state index in [4.69, 9.17) is 9.47 Å². The number of aromatic nitrogens is 1. The van der Waals surface area contributed by atoms with E-state index in [9.17, 15) is 18.0 Å². The van der Waals surface area contributed by atoms with Gasteiger partial charge in [-0.05, 0) is 37.0 Å². The van der Waals surface area contributed by atoms with Gasteiger partial charge < -0.3 is 14.4 Å². The molecule has 150 valence electrons. The Labute approximate surface area is 164 Å². The third kappa shape index (κ3) is 4.09. The third-order valence-electron chi connectivity index (χ3n) is 5.33. The number of fused-ring (bicyclic) bond motifs is 1.